The van der Waals surface area contributed by atoms with Crippen LogP contribution in [0.5, 0.6) is 0 Å². The molecule has 9 heteroatoms. The van der Waals surface area contributed by atoms with E-state index in [0.717, 1.165) is 23.6 Å². The molecule has 0 aliphatic rings. The first-order valence-electron chi connectivity index (χ1n) is 9.08. The van der Waals surface area contributed by atoms with E-state index in [1.165, 1.54) is 0 Å². The number of hydrogen-bond acceptors (Lipinski definition) is 6. The van der Waals surface area contributed by atoms with Gasteiger partial charge in [0.05, 0.1) is 5.69 Å². The molecule has 0 fully saturated rings. The lowest BCUT2D eigenvalue weighted by atomic mass is 10.2. The molecule has 0 unspecified atom stereocenters. The average Bonchev–Trinajstić information content (AvgIpc) is 3.26. The number of aromatic nitrogens is 3. The van der Waals surface area contributed by atoms with Crippen molar-refractivity contribution in [1.82, 2.24) is 25.8 Å². The number of guanidine groups is 1. The van der Waals surface area contributed by atoms with Crippen molar-refractivity contribution in [1.29, 1.82) is 0 Å². The third kappa shape index (κ3) is 5.32. The van der Waals surface area contributed by atoms with Crippen LogP contribution in [-0.2, 0) is 13.0 Å². The van der Waals surface area contributed by atoms with Crippen molar-refractivity contribution in [3.05, 3.63) is 52.5 Å². The maximum atomic E-state index is 6.01. The molecule has 0 bridgehead atoms. The Balaban J connectivity index is 1.55. The van der Waals surface area contributed by atoms with Crippen molar-refractivity contribution in [3.63, 3.8) is 0 Å². The van der Waals surface area contributed by atoms with E-state index in [0.29, 0.717) is 48.1 Å². The second-order valence-corrected chi connectivity index (χ2v) is 6.58. The van der Waals surface area contributed by atoms with E-state index >= 15 is 0 Å². The topological polar surface area (TPSA) is 101 Å². The van der Waals surface area contributed by atoms with Gasteiger partial charge < -0.3 is 19.6 Å². The summed E-state index contributed by atoms with van der Waals surface area (Å²) in [5.41, 5.74) is 1.71. The van der Waals surface area contributed by atoms with Crippen LogP contribution in [-0.4, -0.2) is 34.2 Å². The number of hydrogen-bond donors (Lipinski definition) is 2. The van der Waals surface area contributed by atoms with Crippen LogP contribution in [0.25, 0.3) is 11.4 Å². The van der Waals surface area contributed by atoms with E-state index in [2.05, 4.69) is 30.8 Å². The predicted molar refractivity (Wildman–Crippen MR) is 107 cm³/mol. The second-order valence-electron chi connectivity index (χ2n) is 6.14. The Kier molecular flexibility index (Phi) is 6.65. The Labute approximate surface area is 168 Å². The van der Waals surface area contributed by atoms with Crippen LogP contribution in [0, 0.1) is 13.8 Å². The number of benzene rings is 1. The number of aryl methyl sites for hydroxylation is 2. The van der Waals surface area contributed by atoms with E-state index in [9.17, 15) is 0 Å². The average molecular weight is 403 g/mol. The summed E-state index contributed by atoms with van der Waals surface area (Å²) in [5, 5.41) is 11.1. The number of oxazole rings is 1. The largest absolute Gasteiger partial charge is 0.444 e. The highest BCUT2D eigenvalue weighted by Gasteiger charge is 2.10. The summed E-state index contributed by atoms with van der Waals surface area (Å²) in [7, 11) is 0. The molecule has 0 saturated heterocycles. The molecule has 0 radical (unpaired) electrons. The number of rotatable bonds is 7. The van der Waals surface area contributed by atoms with Gasteiger partial charge in [0.2, 0.25) is 17.6 Å². The van der Waals surface area contributed by atoms with Gasteiger partial charge in [0.15, 0.2) is 5.96 Å². The standard InChI is InChI=1S/C19H23ClN6O2/c1-4-21-19(23-11-17-24-12(2)13(3)27-17)22-9-8-16-25-18(26-28-16)14-6-5-7-15(20)10-14/h5-7,10H,4,8-9,11H2,1-3H3,(H2,21,22,23). The van der Waals surface area contributed by atoms with Gasteiger partial charge in [0.25, 0.3) is 0 Å². The molecule has 0 spiro atoms. The van der Waals surface area contributed by atoms with Crippen LogP contribution in [0.4, 0.5) is 0 Å². The smallest absolute Gasteiger partial charge is 0.228 e. The fourth-order valence-electron chi connectivity index (χ4n) is 2.48. The van der Waals surface area contributed by atoms with Crippen molar-refractivity contribution in [3.8, 4) is 11.4 Å². The summed E-state index contributed by atoms with van der Waals surface area (Å²) in [6.07, 6.45) is 0.565. The molecule has 2 N–H and O–H groups in total. The molecule has 28 heavy (non-hydrogen) atoms. The normalized spacial score (nSPS) is 11.6. The van der Waals surface area contributed by atoms with Gasteiger partial charge in [-0.3, -0.25) is 0 Å². The van der Waals surface area contributed by atoms with Crippen LogP contribution in [0.3, 0.4) is 0 Å². The summed E-state index contributed by atoms with van der Waals surface area (Å²) < 4.78 is 10.9. The molecule has 0 aliphatic heterocycles. The molecule has 2 heterocycles. The summed E-state index contributed by atoms with van der Waals surface area (Å²) in [6.45, 7) is 7.51. The Hall–Kier alpha value is -2.87. The van der Waals surface area contributed by atoms with Crippen molar-refractivity contribution in [2.45, 2.75) is 33.7 Å². The Morgan fingerprint density at radius 3 is 2.75 bits per heavy atom. The molecule has 8 nitrogen and oxygen atoms in total. The van der Waals surface area contributed by atoms with Gasteiger partial charge in [-0.2, -0.15) is 4.98 Å². The van der Waals surface area contributed by atoms with E-state index in [1.807, 2.05) is 32.9 Å². The molecule has 0 aliphatic carbocycles. The first-order valence-corrected chi connectivity index (χ1v) is 9.46. The van der Waals surface area contributed by atoms with Gasteiger partial charge >= 0.3 is 0 Å². The predicted octanol–water partition coefficient (Wildman–Crippen LogP) is 3.29. The highest BCUT2D eigenvalue weighted by atomic mass is 35.5. The third-order valence-corrected chi connectivity index (χ3v) is 4.21. The molecule has 3 rings (SSSR count). The van der Waals surface area contributed by atoms with Gasteiger partial charge in [-0.25, -0.2) is 9.98 Å². The van der Waals surface area contributed by atoms with E-state index in [-0.39, 0.29) is 0 Å². The molecule has 0 amide bonds. The van der Waals surface area contributed by atoms with Crippen LogP contribution < -0.4 is 10.6 Å². The second kappa shape index (κ2) is 9.36. The Bertz CT molecular complexity index is 930. The van der Waals surface area contributed by atoms with Crippen LogP contribution in [0.2, 0.25) is 5.02 Å². The van der Waals surface area contributed by atoms with Crippen molar-refractivity contribution >= 4 is 17.6 Å². The van der Waals surface area contributed by atoms with Crippen molar-refractivity contribution in [2.24, 2.45) is 4.99 Å². The lowest BCUT2D eigenvalue weighted by Crippen LogP contribution is -2.38. The minimum absolute atomic E-state index is 0.365. The highest BCUT2D eigenvalue weighted by molar-refractivity contribution is 6.30. The molecular weight excluding hydrogens is 380 g/mol. The zero-order valence-corrected chi connectivity index (χ0v) is 16.9. The van der Waals surface area contributed by atoms with Gasteiger partial charge in [-0.05, 0) is 32.9 Å². The summed E-state index contributed by atoms with van der Waals surface area (Å²) in [4.78, 5) is 13.2. The first-order chi connectivity index (χ1) is 13.5. The molecule has 0 saturated carbocycles. The SMILES string of the molecule is CCNC(=NCc1nc(C)c(C)o1)NCCc1nc(-c2cccc(Cl)c2)no1. The molecule has 0 atom stereocenters. The number of halogens is 1. The Morgan fingerprint density at radius 1 is 1.18 bits per heavy atom. The fourth-order valence-corrected chi connectivity index (χ4v) is 2.67. The minimum Gasteiger partial charge on any atom is -0.444 e. The highest BCUT2D eigenvalue weighted by Crippen LogP contribution is 2.19. The minimum atomic E-state index is 0.365. The number of nitrogens with one attached hydrogen (secondary N) is 2. The van der Waals surface area contributed by atoms with Gasteiger partial charge in [-0.15, -0.1) is 0 Å². The number of nitrogens with zero attached hydrogens (tertiary/aromatic N) is 4. The Morgan fingerprint density at radius 2 is 2.04 bits per heavy atom. The van der Waals surface area contributed by atoms with E-state index in [4.69, 9.17) is 20.5 Å². The molecule has 3 aromatic rings. The molecule has 1 aromatic carbocycles. The van der Waals surface area contributed by atoms with Crippen molar-refractivity contribution in [2.75, 3.05) is 13.1 Å². The summed E-state index contributed by atoms with van der Waals surface area (Å²) in [6, 6.07) is 7.35. The van der Waals surface area contributed by atoms with Gasteiger partial charge in [0.1, 0.15) is 12.3 Å². The summed E-state index contributed by atoms with van der Waals surface area (Å²) >= 11 is 6.01. The fraction of sp³-hybridized carbons (Fsp3) is 0.368. The molecule has 2 aromatic heterocycles. The quantitative estimate of drug-likeness (QED) is 0.461. The van der Waals surface area contributed by atoms with Crippen LogP contribution >= 0.6 is 11.6 Å². The van der Waals surface area contributed by atoms with Gasteiger partial charge in [0, 0.05) is 30.1 Å². The zero-order valence-electron chi connectivity index (χ0n) is 16.1. The molecular formula is C19H23ClN6O2. The van der Waals surface area contributed by atoms with Gasteiger partial charge in [-0.1, -0.05) is 28.9 Å². The lowest BCUT2D eigenvalue weighted by Gasteiger charge is -2.09. The van der Waals surface area contributed by atoms with Crippen LogP contribution in [0.1, 0.15) is 30.2 Å². The monoisotopic (exact) mass is 402 g/mol. The lowest BCUT2D eigenvalue weighted by molar-refractivity contribution is 0.378. The first kappa shape index (κ1) is 19.9. The van der Waals surface area contributed by atoms with Crippen molar-refractivity contribution < 1.29 is 8.94 Å². The number of aliphatic imine (C=N–C) groups is 1. The maximum absolute atomic E-state index is 6.01. The summed E-state index contributed by atoms with van der Waals surface area (Å²) in [5.74, 6) is 3.14. The zero-order chi connectivity index (χ0) is 19.9. The maximum Gasteiger partial charge on any atom is 0.228 e. The van der Waals surface area contributed by atoms with E-state index in [1.54, 1.807) is 12.1 Å². The molecule has 148 valence electrons. The third-order valence-electron chi connectivity index (χ3n) is 3.97. The van der Waals surface area contributed by atoms with E-state index < -0.39 is 0 Å². The van der Waals surface area contributed by atoms with Crippen LogP contribution in [0.15, 0.2) is 38.2 Å².